The van der Waals surface area contributed by atoms with E-state index in [1.807, 2.05) is 0 Å². The van der Waals surface area contributed by atoms with Gasteiger partial charge in [0.15, 0.2) is 0 Å². The largest absolute Gasteiger partial charge is 0.124 e. The van der Waals surface area contributed by atoms with Crippen LogP contribution in [0.3, 0.4) is 0 Å². The van der Waals surface area contributed by atoms with Crippen molar-refractivity contribution in [2.24, 2.45) is 5.92 Å². The topological polar surface area (TPSA) is 0 Å². The van der Waals surface area contributed by atoms with E-state index in [4.69, 9.17) is 0 Å². The Morgan fingerprint density at radius 3 is 1.19 bits per heavy atom. The molecule has 0 N–H and O–H groups in total. The Morgan fingerprint density at radius 2 is 0.815 bits per heavy atom. The number of hydrogen-bond acceptors (Lipinski definition) is 0. The smallest absolute Gasteiger partial charge is 0.00258 e. The Hall–Kier alpha value is -2.78. The van der Waals surface area contributed by atoms with Crippen LogP contribution in [0.2, 0.25) is 0 Å². The average Bonchev–Trinajstić information content (AvgIpc) is 2.66. The number of benzene rings is 3. The number of rotatable bonds is 3. The molecule has 0 fully saturated rings. The van der Waals surface area contributed by atoms with Gasteiger partial charge in [0.05, 0.1) is 0 Å². The quantitative estimate of drug-likeness (QED) is 0.427. The summed E-state index contributed by atoms with van der Waals surface area (Å²) in [5, 5.41) is 0. The molecule has 0 bridgehead atoms. The van der Waals surface area contributed by atoms with Crippen molar-refractivity contribution in [2.45, 2.75) is 41.0 Å². The summed E-state index contributed by atoms with van der Waals surface area (Å²) in [5.41, 5.74) is 7.90. The van der Waals surface area contributed by atoms with Crippen molar-refractivity contribution < 1.29 is 0 Å². The van der Waals surface area contributed by atoms with Crippen LogP contribution in [-0.4, -0.2) is 0 Å². The molecule has 0 radical (unpaired) electrons. The fourth-order valence-electron chi connectivity index (χ4n) is 2.50. The van der Waals surface area contributed by atoms with E-state index in [9.17, 15) is 0 Å². The van der Waals surface area contributed by atoms with Gasteiger partial charge in [-0.15, -0.1) is 12.8 Å². The second-order valence-corrected chi connectivity index (χ2v) is 7.46. The summed E-state index contributed by atoms with van der Waals surface area (Å²) >= 11 is 0. The van der Waals surface area contributed by atoms with Crippen LogP contribution in [0.4, 0.5) is 0 Å². The normalized spacial score (nSPS) is 9.63. The van der Waals surface area contributed by atoms with Gasteiger partial charge in [0.25, 0.3) is 0 Å². The van der Waals surface area contributed by atoms with Crippen LogP contribution in [-0.2, 0) is 6.42 Å². The van der Waals surface area contributed by atoms with Gasteiger partial charge in [-0.05, 0) is 48.4 Å². The minimum Gasteiger partial charge on any atom is -0.124 e. The maximum atomic E-state index is 4.00. The first-order valence-electron chi connectivity index (χ1n) is 9.49. The predicted molar refractivity (Wildman–Crippen MR) is 121 cm³/mol. The molecule has 0 saturated heterocycles. The van der Waals surface area contributed by atoms with Gasteiger partial charge < -0.3 is 0 Å². The molecule has 3 aromatic rings. The van der Waals surface area contributed by atoms with E-state index in [0.717, 1.165) is 12.3 Å². The van der Waals surface area contributed by atoms with E-state index >= 15 is 0 Å². The molecular formula is C27H32. The molecule has 3 rings (SSSR count). The molecule has 0 aliphatic carbocycles. The molecule has 140 valence electrons. The fraction of sp³-hybridized carbons (Fsp3) is 0.259. The molecule has 0 aliphatic heterocycles. The van der Waals surface area contributed by atoms with Crippen molar-refractivity contribution in [1.82, 2.24) is 0 Å². The van der Waals surface area contributed by atoms with Crippen molar-refractivity contribution >= 4 is 0 Å². The molecular weight excluding hydrogens is 324 g/mol. The second kappa shape index (κ2) is 11.8. The lowest BCUT2D eigenvalue weighted by atomic mass is 9.99. The Balaban J connectivity index is 0.000000541. The zero-order chi connectivity index (χ0) is 20.2. The van der Waals surface area contributed by atoms with Crippen molar-refractivity contribution in [3.05, 3.63) is 95.1 Å². The van der Waals surface area contributed by atoms with E-state index in [-0.39, 0.29) is 0 Å². The van der Waals surface area contributed by atoms with Crippen molar-refractivity contribution in [1.29, 1.82) is 0 Å². The zero-order valence-electron chi connectivity index (χ0n) is 17.4. The van der Waals surface area contributed by atoms with E-state index in [1.54, 1.807) is 0 Å². The Bertz CT molecular complexity index is 783. The molecule has 0 aliphatic rings. The molecule has 0 unspecified atom stereocenters. The molecule has 0 amide bonds. The van der Waals surface area contributed by atoms with E-state index in [0.29, 0.717) is 0 Å². The summed E-state index contributed by atoms with van der Waals surface area (Å²) in [6.07, 6.45) is 8.99. The van der Waals surface area contributed by atoms with Crippen LogP contribution >= 0.6 is 0 Å². The maximum absolute atomic E-state index is 4.00. The first kappa shape index (κ1) is 22.3. The second-order valence-electron chi connectivity index (χ2n) is 7.46. The Morgan fingerprint density at radius 1 is 0.556 bits per heavy atom. The average molecular weight is 357 g/mol. The summed E-state index contributed by atoms with van der Waals surface area (Å²) in [7, 11) is 0. The monoisotopic (exact) mass is 356 g/mol. The zero-order valence-corrected chi connectivity index (χ0v) is 17.4. The van der Waals surface area contributed by atoms with Crippen LogP contribution in [0.25, 0.3) is 11.1 Å². The SMILES string of the molecule is C#C.CC(C)C.Cc1ccc(Cc2ccc(-c3ccc(C)cc3)cc2)cc1. The number of aryl methyl sites for hydroxylation is 2. The summed E-state index contributed by atoms with van der Waals surface area (Å²) in [5.74, 6) is 0.833. The third-order valence-corrected chi connectivity index (χ3v) is 3.87. The van der Waals surface area contributed by atoms with Gasteiger partial charge in [0.2, 0.25) is 0 Å². The first-order chi connectivity index (χ1) is 12.9. The lowest BCUT2D eigenvalue weighted by Crippen LogP contribution is -1.88. The molecule has 0 saturated carbocycles. The third-order valence-electron chi connectivity index (χ3n) is 3.87. The highest BCUT2D eigenvalue weighted by Crippen LogP contribution is 2.21. The molecule has 0 heterocycles. The molecule has 0 spiro atoms. The standard InChI is InChI=1S/C21H20.C4H10.C2H2/c1-16-3-7-18(8-4-16)15-19-9-13-21(14-10-19)20-11-5-17(2)6-12-20;1-4(2)3;1-2/h3-14H,15H2,1-2H3;4H,1-3H3;1-2H. The predicted octanol–water partition coefficient (Wildman–Crippen LogP) is 7.47. The molecule has 0 heteroatoms. The summed E-state index contributed by atoms with van der Waals surface area (Å²) in [6.45, 7) is 10.7. The lowest BCUT2D eigenvalue weighted by Gasteiger charge is -2.06. The molecule has 0 aromatic heterocycles. The third kappa shape index (κ3) is 8.43. The first-order valence-corrected chi connectivity index (χ1v) is 9.49. The van der Waals surface area contributed by atoms with Gasteiger partial charge >= 0.3 is 0 Å². The minimum atomic E-state index is 0.833. The number of terminal acetylenes is 1. The van der Waals surface area contributed by atoms with Gasteiger partial charge in [0, 0.05) is 0 Å². The van der Waals surface area contributed by atoms with Crippen LogP contribution < -0.4 is 0 Å². The summed E-state index contributed by atoms with van der Waals surface area (Å²) in [4.78, 5) is 0. The fourth-order valence-corrected chi connectivity index (χ4v) is 2.50. The summed E-state index contributed by atoms with van der Waals surface area (Å²) < 4.78 is 0. The van der Waals surface area contributed by atoms with Gasteiger partial charge in [0.1, 0.15) is 0 Å². The number of hydrogen-bond donors (Lipinski definition) is 0. The van der Waals surface area contributed by atoms with E-state index in [1.165, 1.54) is 33.4 Å². The van der Waals surface area contributed by atoms with Crippen LogP contribution in [0, 0.1) is 32.6 Å². The van der Waals surface area contributed by atoms with E-state index < -0.39 is 0 Å². The molecule has 3 aromatic carbocycles. The minimum absolute atomic E-state index is 0.833. The van der Waals surface area contributed by atoms with Crippen molar-refractivity contribution in [2.75, 3.05) is 0 Å². The van der Waals surface area contributed by atoms with Crippen molar-refractivity contribution in [3.8, 4) is 24.0 Å². The van der Waals surface area contributed by atoms with Gasteiger partial charge in [-0.3, -0.25) is 0 Å². The Labute approximate surface area is 166 Å². The Kier molecular flexibility index (Phi) is 9.70. The lowest BCUT2D eigenvalue weighted by molar-refractivity contribution is 0.737. The van der Waals surface area contributed by atoms with Crippen molar-refractivity contribution in [3.63, 3.8) is 0 Å². The molecule has 0 nitrogen and oxygen atoms in total. The van der Waals surface area contributed by atoms with E-state index in [2.05, 4.69) is 120 Å². The van der Waals surface area contributed by atoms with Gasteiger partial charge in [-0.2, -0.15) is 0 Å². The molecule has 0 atom stereocenters. The highest BCUT2D eigenvalue weighted by atomic mass is 14.0. The maximum Gasteiger partial charge on any atom is -0.00258 e. The van der Waals surface area contributed by atoms with Crippen LogP contribution in [0.15, 0.2) is 72.8 Å². The van der Waals surface area contributed by atoms with Gasteiger partial charge in [-0.25, -0.2) is 0 Å². The van der Waals surface area contributed by atoms with Gasteiger partial charge in [-0.1, -0.05) is 105 Å². The van der Waals surface area contributed by atoms with Crippen LogP contribution in [0.1, 0.15) is 43.0 Å². The highest BCUT2D eigenvalue weighted by molar-refractivity contribution is 5.64. The van der Waals surface area contributed by atoms with Crippen LogP contribution in [0.5, 0.6) is 0 Å². The highest BCUT2D eigenvalue weighted by Gasteiger charge is 1.99. The summed E-state index contributed by atoms with van der Waals surface area (Å²) in [6, 6.07) is 26.4. The molecule has 27 heavy (non-hydrogen) atoms.